The normalized spacial score (nSPS) is 10.2. The van der Waals surface area contributed by atoms with Crippen LogP contribution in [-0.4, -0.2) is 22.1 Å². The van der Waals surface area contributed by atoms with Crippen LogP contribution in [-0.2, 0) is 0 Å². The van der Waals surface area contributed by atoms with Gasteiger partial charge in [0.15, 0.2) is 5.82 Å². The zero-order chi connectivity index (χ0) is 11.5. The van der Waals surface area contributed by atoms with E-state index in [0.29, 0.717) is 11.6 Å². The van der Waals surface area contributed by atoms with Gasteiger partial charge < -0.3 is 4.74 Å². The van der Waals surface area contributed by atoms with Gasteiger partial charge in [0.2, 0.25) is 11.2 Å². The summed E-state index contributed by atoms with van der Waals surface area (Å²) >= 11 is 5.63. The Morgan fingerprint density at radius 3 is 2.88 bits per heavy atom. The molecule has 0 radical (unpaired) electrons. The number of hydrogen-bond donors (Lipinski definition) is 0. The molecule has 0 aliphatic rings. The van der Waals surface area contributed by atoms with E-state index in [4.69, 9.17) is 16.3 Å². The molecule has 2 heterocycles. The number of ether oxygens (including phenoxy) is 1. The lowest BCUT2D eigenvalue weighted by Crippen LogP contribution is -1.94. The number of nitrogens with zero attached hydrogens (tertiary/aromatic N) is 3. The van der Waals surface area contributed by atoms with Crippen LogP contribution in [0.2, 0.25) is 5.28 Å². The van der Waals surface area contributed by atoms with Crippen molar-refractivity contribution in [1.82, 2.24) is 15.0 Å². The van der Waals surface area contributed by atoms with Gasteiger partial charge in [0.25, 0.3) is 0 Å². The summed E-state index contributed by atoms with van der Waals surface area (Å²) in [5.41, 5.74) is 0.661. The Hall–Kier alpha value is -1.75. The largest absolute Gasteiger partial charge is 0.481 e. The lowest BCUT2D eigenvalue weighted by molar-refractivity contribution is 0.396. The van der Waals surface area contributed by atoms with Crippen molar-refractivity contribution >= 4 is 11.6 Å². The average molecular weight is 240 g/mol. The van der Waals surface area contributed by atoms with Crippen molar-refractivity contribution in [2.24, 2.45) is 0 Å². The number of rotatable bonds is 2. The van der Waals surface area contributed by atoms with Gasteiger partial charge in [0.05, 0.1) is 19.0 Å². The molecule has 0 atom stereocenters. The number of aromatic nitrogens is 3. The topological polar surface area (TPSA) is 47.9 Å². The summed E-state index contributed by atoms with van der Waals surface area (Å²) in [5.74, 6) is -0.179. The minimum atomic E-state index is -0.490. The van der Waals surface area contributed by atoms with Crippen LogP contribution in [0, 0.1) is 5.82 Å². The van der Waals surface area contributed by atoms with Gasteiger partial charge in [0, 0.05) is 17.8 Å². The highest BCUT2D eigenvalue weighted by Gasteiger charge is 2.09. The van der Waals surface area contributed by atoms with E-state index >= 15 is 0 Å². The monoisotopic (exact) mass is 239 g/mol. The second kappa shape index (κ2) is 4.40. The Balaban J connectivity index is 2.54. The Morgan fingerprint density at radius 1 is 1.38 bits per heavy atom. The van der Waals surface area contributed by atoms with Crippen molar-refractivity contribution in [3.63, 3.8) is 0 Å². The van der Waals surface area contributed by atoms with E-state index in [1.807, 2.05) is 0 Å². The zero-order valence-electron chi connectivity index (χ0n) is 8.32. The summed E-state index contributed by atoms with van der Waals surface area (Å²) in [7, 11) is 1.46. The van der Waals surface area contributed by atoms with Gasteiger partial charge in [-0.25, -0.2) is 19.3 Å². The third-order valence-electron chi connectivity index (χ3n) is 1.94. The first-order valence-electron chi connectivity index (χ1n) is 4.39. The first-order chi connectivity index (χ1) is 7.70. The lowest BCUT2D eigenvalue weighted by atomic mass is 10.2. The third-order valence-corrected chi connectivity index (χ3v) is 2.12. The van der Waals surface area contributed by atoms with Crippen molar-refractivity contribution in [2.45, 2.75) is 0 Å². The standard InChI is InChI=1S/C10H7ClFN3O/c1-16-9-4-6(7(12)5-14-9)8-2-3-13-10(11)15-8/h2-5H,1H3. The summed E-state index contributed by atoms with van der Waals surface area (Å²) in [4.78, 5) is 11.4. The van der Waals surface area contributed by atoms with E-state index < -0.39 is 5.82 Å². The molecule has 16 heavy (non-hydrogen) atoms. The molecule has 2 rings (SSSR count). The minimum Gasteiger partial charge on any atom is -0.481 e. The number of hydrogen-bond acceptors (Lipinski definition) is 4. The van der Waals surface area contributed by atoms with Crippen molar-refractivity contribution in [3.05, 3.63) is 35.6 Å². The minimum absolute atomic E-state index is 0.0627. The van der Waals surface area contributed by atoms with E-state index in [-0.39, 0.29) is 10.8 Å². The molecule has 0 aliphatic carbocycles. The summed E-state index contributed by atoms with van der Waals surface area (Å²) in [6.07, 6.45) is 2.53. The average Bonchev–Trinajstić information content (AvgIpc) is 2.30. The summed E-state index contributed by atoms with van der Waals surface area (Å²) < 4.78 is 18.4. The first-order valence-corrected chi connectivity index (χ1v) is 4.77. The van der Waals surface area contributed by atoms with E-state index in [1.54, 1.807) is 6.07 Å². The molecule has 0 fully saturated rings. The molecule has 0 spiro atoms. The predicted octanol–water partition coefficient (Wildman–Crippen LogP) is 2.34. The van der Waals surface area contributed by atoms with Crippen molar-refractivity contribution < 1.29 is 9.13 Å². The molecule has 0 N–H and O–H groups in total. The molecule has 4 nitrogen and oxygen atoms in total. The second-order valence-electron chi connectivity index (χ2n) is 2.92. The van der Waals surface area contributed by atoms with Crippen LogP contribution in [0.4, 0.5) is 4.39 Å². The van der Waals surface area contributed by atoms with Gasteiger partial charge in [-0.2, -0.15) is 0 Å². The van der Waals surface area contributed by atoms with Crippen molar-refractivity contribution in [1.29, 1.82) is 0 Å². The Labute approximate surface area is 96.1 Å². The smallest absolute Gasteiger partial charge is 0.222 e. The zero-order valence-corrected chi connectivity index (χ0v) is 9.07. The molecule has 0 saturated carbocycles. The molecular formula is C10H7ClFN3O. The highest BCUT2D eigenvalue weighted by atomic mass is 35.5. The lowest BCUT2D eigenvalue weighted by Gasteiger charge is -2.04. The quantitative estimate of drug-likeness (QED) is 0.755. The van der Waals surface area contributed by atoms with Gasteiger partial charge in [-0.3, -0.25) is 0 Å². The van der Waals surface area contributed by atoms with Crippen LogP contribution in [0.15, 0.2) is 24.5 Å². The number of pyridine rings is 1. The SMILES string of the molecule is COc1cc(-c2ccnc(Cl)n2)c(F)cn1. The van der Waals surface area contributed by atoms with Crippen LogP contribution >= 0.6 is 11.6 Å². The Bertz CT molecular complexity index is 521. The molecule has 2 aromatic rings. The molecule has 0 bridgehead atoms. The summed E-state index contributed by atoms with van der Waals surface area (Å²) in [6, 6.07) is 3.01. The highest BCUT2D eigenvalue weighted by Crippen LogP contribution is 2.23. The van der Waals surface area contributed by atoms with E-state index in [0.717, 1.165) is 6.20 Å². The third kappa shape index (κ3) is 2.09. The van der Waals surface area contributed by atoms with Gasteiger partial charge >= 0.3 is 0 Å². The maximum atomic E-state index is 13.5. The number of methoxy groups -OCH3 is 1. The fraction of sp³-hybridized carbons (Fsp3) is 0.100. The first kappa shape index (κ1) is 10.8. The molecule has 0 aliphatic heterocycles. The van der Waals surface area contributed by atoms with Crippen molar-refractivity contribution in [3.8, 4) is 17.1 Å². The van der Waals surface area contributed by atoms with Gasteiger partial charge in [-0.05, 0) is 17.7 Å². The second-order valence-corrected chi connectivity index (χ2v) is 3.26. The predicted molar refractivity (Wildman–Crippen MR) is 56.8 cm³/mol. The molecule has 0 amide bonds. The van der Waals surface area contributed by atoms with Crippen LogP contribution in [0.1, 0.15) is 0 Å². The Morgan fingerprint density at radius 2 is 2.19 bits per heavy atom. The summed E-state index contributed by atoms with van der Waals surface area (Å²) in [5, 5.41) is 0.0627. The van der Waals surface area contributed by atoms with Crippen LogP contribution in [0.3, 0.4) is 0 Å². The maximum absolute atomic E-state index is 13.5. The fourth-order valence-electron chi connectivity index (χ4n) is 1.21. The molecular weight excluding hydrogens is 233 g/mol. The fourth-order valence-corrected chi connectivity index (χ4v) is 1.36. The molecule has 0 unspecified atom stereocenters. The molecule has 82 valence electrons. The molecule has 2 aromatic heterocycles. The van der Waals surface area contributed by atoms with Crippen molar-refractivity contribution in [2.75, 3.05) is 7.11 Å². The molecule has 0 aromatic carbocycles. The Kier molecular flexibility index (Phi) is 2.96. The van der Waals surface area contributed by atoms with Gasteiger partial charge in [-0.15, -0.1) is 0 Å². The highest BCUT2D eigenvalue weighted by molar-refractivity contribution is 6.28. The maximum Gasteiger partial charge on any atom is 0.222 e. The van der Waals surface area contributed by atoms with Crippen LogP contribution in [0.5, 0.6) is 5.88 Å². The molecule has 6 heteroatoms. The number of halogens is 2. The van der Waals surface area contributed by atoms with Gasteiger partial charge in [0.1, 0.15) is 0 Å². The van der Waals surface area contributed by atoms with E-state index in [2.05, 4.69) is 15.0 Å². The van der Waals surface area contributed by atoms with Crippen LogP contribution < -0.4 is 4.74 Å². The molecule has 0 saturated heterocycles. The summed E-state index contributed by atoms with van der Waals surface area (Å²) in [6.45, 7) is 0. The van der Waals surface area contributed by atoms with E-state index in [1.165, 1.54) is 19.4 Å². The van der Waals surface area contributed by atoms with Gasteiger partial charge in [-0.1, -0.05) is 0 Å². The van der Waals surface area contributed by atoms with Crippen LogP contribution in [0.25, 0.3) is 11.3 Å². The van der Waals surface area contributed by atoms with E-state index in [9.17, 15) is 4.39 Å².